The fourth-order valence-corrected chi connectivity index (χ4v) is 4.61. The highest BCUT2D eigenvalue weighted by Gasteiger charge is 2.25. The Balaban J connectivity index is 1.39. The molecule has 5 rings (SSSR count). The molecule has 182 valence electrons. The van der Waals surface area contributed by atoms with E-state index in [9.17, 15) is 0 Å². The van der Waals surface area contributed by atoms with Crippen molar-refractivity contribution < 1.29 is 9.47 Å². The molecule has 0 aliphatic carbocycles. The first kappa shape index (κ1) is 23.2. The first-order chi connectivity index (χ1) is 17.0. The Labute approximate surface area is 209 Å². The van der Waals surface area contributed by atoms with Crippen molar-refractivity contribution >= 4 is 23.2 Å². The van der Waals surface area contributed by atoms with Gasteiger partial charge in [0.05, 0.1) is 18.9 Å². The van der Waals surface area contributed by atoms with E-state index in [1.165, 1.54) is 5.56 Å². The van der Waals surface area contributed by atoms with Crippen molar-refractivity contribution in [3.8, 4) is 17.2 Å². The van der Waals surface area contributed by atoms with Gasteiger partial charge in [0, 0.05) is 30.4 Å². The second kappa shape index (κ2) is 10.00. The van der Waals surface area contributed by atoms with Crippen molar-refractivity contribution in [3.63, 3.8) is 0 Å². The molecule has 0 fully saturated rings. The third-order valence-electron chi connectivity index (χ3n) is 6.04. The molecule has 0 amide bonds. The Bertz CT molecular complexity index is 1300. The third kappa shape index (κ3) is 5.12. The molecule has 35 heavy (non-hydrogen) atoms. The van der Waals surface area contributed by atoms with Crippen molar-refractivity contribution in [2.45, 2.75) is 51.7 Å². The maximum atomic E-state index is 5.98. The molecule has 8 nitrogen and oxygen atoms in total. The van der Waals surface area contributed by atoms with Crippen LogP contribution in [0.4, 0.5) is 11.6 Å². The normalized spacial score (nSPS) is 15.5. The summed E-state index contributed by atoms with van der Waals surface area (Å²) in [6, 6.07) is 14.2. The zero-order chi connectivity index (χ0) is 24.4. The van der Waals surface area contributed by atoms with Crippen LogP contribution < -0.4 is 14.8 Å². The van der Waals surface area contributed by atoms with Gasteiger partial charge in [0.25, 0.3) is 0 Å². The molecule has 3 heterocycles. The lowest BCUT2D eigenvalue weighted by Gasteiger charge is -2.16. The van der Waals surface area contributed by atoms with Gasteiger partial charge >= 0.3 is 0 Å². The van der Waals surface area contributed by atoms with E-state index in [4.69, 9.17) is 31.2 Å². The van der Waals surface area contributed by atoms with Crippen LogP contribution in [0.5, 0.6) is 11.5 Å². The second-order valence-corrected chi connectivity index (χ2v) is 9.30. The van der Waals surface area contributed by atoms with Crippen molar-refractivity contribution in [1.29, 1.82) is 0 Å². The number of imidazole rings is 1. The summed E-state index contributed by atoms with van der Waals surface area (Å²) < 4.78 is 15.3. The van der Waals surface area contributed by atoms with E-state index >= 15 is 0 Å². The number of hydrogen-bond donors (Lipinski definition) is 1. The number of rotatable bonds is 7. The number of ether oxygens (including phenoxy) is 2. The molecule has 0 unspecified atom stereocenters. The minimum Gasteiger partial charge on any atom is -0.494 e. The molecule has 2 aromatic carbocycles. The molecule has 1 aliphatic heterocycles. The molecular weight excluding hydrogens is 464 g/mol. The topological polar surface area (TPSA) is 79.0 Å². The summed E-state index contributed by atoms with van der Waals surface area (Å²) in [5, 5.41) is 8.55. The molecule has 0 saturated heterocycles. The van der Waals surface area contributed by atoms with Crippen molar-refractivity contribution in [2.75, 3.05) is 12.4 Å². The molecule has 1 N–H and O–H groups in total. The van der Waals surface area contributed by atoms with E-state index in [0.29, 0.717) is 16.9 Å². The van der Waals surface area contributed by atoms with Crippen LogP contribution in [0.25, 0.3) is 5.69 Å². The Hall–Kier alpha value is -3.52. The summed E-state index contributed by atoms with van der Waals surface area (Å²) in [6.45, 7) is 4.93. The predicted octanol–water partition coefficient (Wildman–Crippen LogP) is 5.97. The molecule has 4 aromatic rings. The quantitative estimate of drug-likeness (QED) is 0.342. The van der Waals surface area contributed by atoms with Gasteiger partial charge in [-0.1, -0.05) is 30.2 Å². The third-order valence-corrected chi connectivity index (χ3v) is 6.24. The molecule has 1 aliphatic rings. The maximum Gasteiger partial charge on any atom is 0.246 e. The predicted molar refractivity (Wildman–Crippen MR) is 136 cm³/mol. The SMILES string of the molecule is COc1cc(Nc2nc3n(n2)CCCC[C@H]3c2ccc(OC(C)C)cc2)ccc1-n1cnc(Cl)c1. The van der Waals surface area contributed by atoms with E-state index < -0.39 is 0 Å². The van der Waals surface area contributed by atoms with E-state index in [-0.39, 0.29) is 12.0 Å². The number of benzene rings is 2. The molecule has 1 atom stereocenters. The zero-order valence-electron chi connectivity index (χ0n) is 20.1. The molecule has 0 bridgehead atoms. The summed E-state index contributed by atoms with van der Waals surface area (Å²) in [7, 11) is 1.64. The molecule has 0 saturated carbocycles. The number of methoxy groups -OCH3 is 1. The van der Waals surface area contributed by atoms with Crippen LogP contribution in [0.3, 0.4) is 0 Å². The summed E-state index contributed by atoms with van der Waals surface area (Å²) >= 11 is 5.98. The van der Waals surface area contributed by atoms with Crippen molar-refractivity contribution in [3.05, 3.63) is 71.5 Å². The van der Waals surface area contributed by atoms with Gasteiger partial charge < -0.3 is 19.4 Å². The minimum atomic E-state index is 0.154. The van der Waals surface area contributed by atoms with Crippen LogP contribution in [0, 0.1) is 0 Å². The second-order valence-electron chi connectivity index (χ2n) is 8.92. The van der Waals surface area contributed by atoms with Gasteiger partial charge in [-0.25, -0.2) is 9.67 Å². The van der Waals surface area contributed by atoms with Crippen LogP contribution in [-0.4, -0.2) is 37.5 Å². The fourth-order valence-electron chi connectivity index (χ4n) is 4.46. The molecule has 0 radical (unpaired) electrons. The van der Waals surface area contributed by atoms with Crippen molar-refractivity contribution in [1.82, 2.24) is 24.3 Å². The maximum absolute atomic E-state index is 5.98. The van der Waals surface area contributed by atoms with Crippen LogP contribution in [0.1, 0.15) is 50.4 Å². The lowest BCUT2D eigenvalue weighted by Crippen LogP contribution is -2.09. The van der Waals surface area contributed by atoms with Gasteiger partial charge in [-0.3, -0.25) is 0 Å². The van der Waals surface area contributed by atoms with Gasteiger partial charge in [-0.2, -0.15) is 4.98 Å². The number of fused-ring (bicyclic) bond motifs is 1. The molecule has 9 heteroatoms. The first-order valence-corrected chi connectivity index (χ1v) is 12.2. The summed E-state index contributed by atoms with van der Waals surface area (Å²) in [5.74, 6) is 3.32. The van der Waals surface area contributed by atoms with Gasteiger partial charge in [0.2, 0.25) is 5.95 Å². The Morgan fingerprint density at radius 1 is 1.11 bits per heavy atom. The number of hydrogen-bond acceptors (Lipinski definition) is 6. The van der Waals surface area contributed by atoms with E-state index in [0.717, 1.165) is 48.8 Å². The number of nitrogens with one attached hydrogen (secondary N) is 1. The van der Waals surface area contributed by atoms with Gasteiger partial charge in [0.1, 0.15) is 28.8 Å². The van der Waals surface area contributed by atoms with Gasteiger partial charge in [-0.05, 0) is 56.5 Å². The van der Waals surface area contributed by atoms with E-state index in [1.807, 2.05) is 53.4 Å². The average molecular weight is 493 g/mol. The summed E-state index contributed by atoms with van der Waals surface area (Å²) in [4.78, 5) is 8.99. The molecule has 2 aromatic heterocycles. The highest BCUT2D eigenvalue weighted by molar-refractivity contribution is 6.29. The molecule has 0 spiro atoms. The number of aromatic nitrogens is 5. The lowest BCUT2D eigenvalue weighted by molar-refractivity contribution is 0.242. The van der Waals surface area contributed by atoms with Crippen LogP contribution in [0.2, 0.25) is 5.15 Å². The monoisotopic (exact) mass is 492 g/mol. The van der Waals surface area contributed by atoms with Crippen molar-refractivity contribution in [2.24, 2.45) is 0 Å². The highest BCUT2D eigenvalue weighted by Crippen LogP contribution is 2.34. The standard InChI is InChI=1S/C26H29ClN6O2/c1-17(2)35-20-10-7-18(8-11-20)21-6-4-5-13-33-25(21)30-26(31-33)29-19-9-12-22(23(14-19)34-3)32-15-24(27)28-16-32/h7-12,14-17,21H,4-6,13H2,1-3H3,(H,29,31)/t21-/m0/s1. The summed E-state index contributed by atoms with van der Waals surface area (Å²) in [5.41, 5.74) is 2.91. The number of nitrogens with zero attached hydrogens (tertiary/aromatic N) is 5. The van der Waals surface area contributed by atoms with Crippen LogP contribution in [0.15, 0.2) is 55.0 Å². The number of anilines is 2. The lowest BCUT2D eigenvalue weighted by atomic mass is 9.93. The fraction of sp³-hybridized carbons (Fsp3) is 0.346. The first-order valence-electron chi connectivity index (χ1n) is 11.9. The van der Waals surface area contributed by atoms with Gasteiger partial charge in [-0.15, -0.1) is 5.10 Å². The van der Waals surface area contributed by atoms with Crippen LogP contribution >= 0.6 is 11.6 Å². The Morgan fingerprint density at radius 3 is 2.66 bits per heavy atom. The highest BCUT2D eigenvalue weighted by atomic mass is 35.5. The van der Waals surface area contributed by atoms with E-state index in [1.54, 1.807) is 19.6 Å². The summed E-state index contributed by atoms with van der Waals surface area (Å²) in [6.07, 6.45) is 6.81. The Kier molecular flexibility index (Phi) is 6.63. The van der Waals surface area contributed by atoms with Gasteiger partial charge in [0.15, 0.2) is 0 Å². The largest absolute Gasteiger partial charge is 0.494 e. The molecular formula is C26H29ClN6O2. The number of aryl methyl sites for hydroxylation is 1. The Morgan fingerprint density at radius 2 is 1.94 bits per heavy atom. The average Bonchev–Trinajstić information content (AvgIpc) is 3.40. The minimum absolute atomic E-state index is 0.154. The number of halogens is 1. The smallest absolute Gasteiger partial charge is 0.246 e. The zero-order valence-corrected chi connectivity index (χ0v) is 20.9. The van der Waals surface area contributed by atoms with E-state index in [2.05, 4.69) is 22.4 Å². The van der Waals surface area contributed by atoms with Crippen LogP contribution in [-0.2, 0) is 6.54 Å².